The van der Waals surface area contributed by atoms with Crippen LogP contribution in [0.1, 0.15) is 33.6 Å². The lowest BCUT2D eigenvalue weighted by atomic mass is 10.3. The number of rotatable bonds is 5. The zero-order valence-corrected chi connectivity index (χ0v) is 10.3. The molecular weight excluding hydrogens is 192 g/mol. The van der Waals surface area contributed by atoms with Gasteiger partial charge in [0.25, 0.3) is 0 Å². The van der Waals surface area contributed by atoms with Gasteiger partial charge in [0.05, 0.1) is 6.61 Å². The van der Waals surface area contributed by atoms with E-state index in [4.69, 9.17) is 9.84 Å². The standard InChI is InChI=1S/C7H17NO.C4H9NO/c1-7(2)8-5-3-4-6-9;1-4-5-2-3-6-4/h7-9H,3-6H2,1-2H3;4-5H,2-3H2,1H3. The Balaban J connectivity index is 0.000000280. The molecule has 92 valence electrons. The largest absolute Gasteiger partial charge is 0.396 e. The number of nitrogens with one attached hydrogen (secondary N) is 2. The number of unbranched alkanes of at least 4 members (excludes halogenated alkanes) is 1. The molecule has 1 aliphatic rings. The van der Waals surface area contributed by atoms with Crippen LogP contribution in [0.4, 0.5) is 0 Å². The number of ether oxygens (including phenoxy) is 1. The lowest BCUT2D eigenvalue weighted by Gasteiger charge is -2.05. The molecule has 4 nitrogen and oxygen atoms in total. The molecule has 1 atom stereocenters. The van der Waals surface area contributed by atoms with E-state index in [9.17, 15) is 0 Å². The Bertz CT molecular complexity index is 126. The van der Waals surface area contributed by atoms with Crippen molar-refractivity contribution in [3.8, 4) is 0 Å². The van der Waals surface area contributed by atoms with E-state index in [0.717, 1.165) is 32.5 Å². The molecular formula is C11H26N2O2. The molecule has 1 unspecified atom stereocenters. The first-order valence-corrected chi connectivity index (χ1v) is 5.86. The van der Waals surface area contributed by atoms with Crippen molar-refractivity contribution in [3.63, 3.8) is 0 Å². The second kappa shape index (κ2) is 10.4. The van der Waals surface area contributed by atoms with Gasteiger partial charge in [-0.25, -0.2) is 0 Å². The van der Waals surface area contributed by atoms with Gasteiger partial charge in [-0.15, -0.1) is 0 Å². The van der Waals surface area contributed by atoms with Gasteiger partial charge in [-0.05, 0) is 26.3 Å². The Morgan fingerprint density at radius 1 is 1.47 bits per heavy atom. The highest BCUT2D eigenvalue weighted by Gasteiger charge is 2.05. The van der Waals surface area contributed by atoms with E-state index in [1.54, 1.807) is 0 Å². The molecule has 3 N–H and O–H groups in total. The van der Waals surface area contributed by atoms with E-state index in [0.29, 0.717) is 18.9 Å². The average Bonchev–Trinajstić information content (AvgIpc) is 2.65. The summed E-state index contributed by atoms with van der Waals surface area (Å²) in [4.78, 5) is 0. The lowest BCUT2D eigenvalue weighted by molar-refractivity contribution is 0.116. The van der Waals surface area contributed by atoms with Gasteiger partial charge in [-0.2, -0.15) is 0 Å². The van der Waals surface area contributed by atoms with Crippen molar-refractivity contribution in [1.29, 1.82) is 0 Å². The van der Waals surface area contributed by atoms with Gasteiger partial charge in [0, 0.05) is 19.2 Å². The van der Waals surface area contributed by atoms with E-state index in [-0.39, 0.29) is 0 Å². The predicted molar refractivity (Wildman–Crippen MR) is 62.9 cm³/mol. The van der Waals surface area contributed by atoms with Crippen molar-refractivity contribution in [3.05, 3.63) is 0 Å². The highest BCUT2D eigenvalue weighted by Crippen LogP contribution is 1.89. The van der Waals surface area contributed by atoms with Gasteiger partial charge >= 0.3 is 0 Å². The summed E-state index contributed by atoms with van der Waals surface area (Å²) in [6.07, 6.45) is 2.29. The highest BCUT2D eigenvalue weighted by atomic mass is 16.5. The maximum atomic E-state index is 8.40. The minimum atomic E-state index is 0.296. The van der Waals surface area contributed by atoms with E-state index in [1.807, 2.05) is 6.92 Å². The first kappa shape index (κ1) is 14.8. The van der Waals surface area contributed by atoms with Crippen molar-refractivity contribution >= 4 is 0 Å². The Morgan fingerprint density at radius 2 is 2.20 bits per heavy atom. The molecule has 1 aliphatic heterocycles. The van der Waals surface area contributed by atoms with E-state index >= 15 is 0 Å². The second-order valence-electron chi connectivity index (χ2n) is 4.01. The van der Waals surface area contributed by atoms with Gasteiger partial charge in [-0.1, -0.05) is 13.8 Å². The van der Waals surface area contributed by atoms with Crippen LogP contribution in [-0.4, -0.2) is 43.7 Å². The summed E-state index contributed by atoms with van der Waals surface area (Å²) in [6, 6.07) is 0.573. The first-order valence-electron chi connectivity index (χ1n) is 5.86. The van der Waals surface area contributed by atoms with Crippen LogP contribution in [-0.2, 0) is 4.74 Å². The fourth-order valence-corrected chi connectivity index (χ4v) is 1.18. The zero-order valence-electron chi connectivity index (χ0n) is 10.3. The molecule has 1 fully saturated rings. The SMILES string of the molecule is CC(C)NCCCCO.CC1NCCO1. The third-order valence-electron chi connectivity index (χ3n) is 2.04. The molecule has 0 bridgehead atoms. The molecule has 0 aromatic heterocycles. The molecule has 0 aromatic carbocycles. The summed E-state index contributed by atoms with van der Waals surface area (Å²) in [5.74, 6) is 0. The molecule has 0 amide bonds. The van der Waals surface area contributed by atoms with Crippen molar-refractivity contribution in [2.24, 2.45) is 0 Å². The summed E-state index contributed by atoms with van der Waals surface area (Å²) >= 11 is 0. The third-order valence-corrected chi connectivity index (χ3v) is 2.04. The van der Waals surface area contributed by atoms with E-state index in [2.05, 4.69) is 24.5 Å². The number of aliphatic hydroxyl groups is 1. The molecule has 1 heterocycles. The van der Waals surface area contributed by atoms with Crippen molar-refractivity contribution in [2.45, 2.75) is 45.9 Å². The molecule has 1 rings (SSSR count). The Morgan fingerprint density at radius 3 is 2.53 bits per heavy atom. The van der Waals surface area contributed by atoms with Crippen LogP contribution < -0.4 is 10.6 Å². The van der Waals surface area contributed by atoms with E-state index in [1.165, 1.54) is 0 Å². The smallest absolute Gasteiger partial charge is 0.105 e. The van der Waals surface area contributed by atoms with Crippen LogP contribution in [0.25, 0.3) is 0 Å². The number of hydrogen-bond acceptors (Lipinski definition) is 4. The molecule has 0 saturated carbocycles. The van der Waals surface area contributed by atoms with Crippen LogP contribution in [0.15, 0.2) is 0 Å². The van der Waals surface area contributed by atoms with Crippen LogP contribution in [0, 0.1) is 0 Å². The van der Waals surface area contributed by atoms with Gasteiger partial charge in [0.1, 0.15) is 6.23 Å². The summed E-state index contributed by atoms with van der Waals surface area (Å²) in [5.41, 5.74) is 0. The quantitative estimate of drug-likeness (QED) is 0.595. The fourth-order valence-electron chi connectivity index (χ4n) is 1.18. The van der Waals surface area contributed by atoms with Crippen LogP contribution in [0.3, 0.4) is 0 Å². The molecule has 0 aliphatic carbocycles. The fraction of sp³-hybridized carbons (Fsp3) is 1.00. The molecule has 0 radical (unpaired) electrons. The van der Waals surface area contributed by atoms with Crippen molar-refractivity contribution in [2.75, 3.05) is 26.3 Å². The Labute approximate surface area is 93.4 Å². The zero-order chi connectivity index (χ0) is 11.5. The minimum Gasteiger partial charge on any atom is -0.396 e. The van der Waals surface area contributed by atoms with Crippen LogP contribution >= 0.6 is 0 Å². The van der Waals surface area contributed by atoms with Crippen LogP contribution in [0.2, 0.25) is 0 Å². The van der Waals surface area contributed by atoms with Gasteiger partial charge in [0.2, 0.25) is 0 Å². The topological polar surface area (TPSA) is 53.5 Å². The summed E-state index contributed by atoms with van der Waals surface area (Å²) < 4.78 is 5.04. The predicted octanol–water partition coefficient (Wildman–Crippen LogP) is 0.709. The maximum Gasteiger partial charge on any atom is 0.105 e. The lowest BCUT2D eigenvalue weighted by Crippen LogP contribution is -2.23. The Hall–Kier alpha value is -0.160. The maximum absolute atomic E-state index is 8.40. The summed E-state index contributed by atoms with van der Waals surface area (Å²) in [7, 11) is 0. The summed E-state index contributed by atoms with van der Waals surface area (Å²) in [5, 5.41) is 14.8. The first-order chi connectivity index (χ1) is 7.16. The van der Waals surface area contributed by atoms with Gasteiger partial charge in [0.15, 0.2) is 0 Å². The average molecular weight is 218 g/mol. The molecule has 15 heavy (non-hydrogen) atoms. The molecule has 0 spiro atoms. The Kier molecular flexibility index (Phi) is 10.3. The highest BCUT2D eigenvalue weighted by molar-refractivity contribution is 4.54. The number of hydrogen-bond donors (Lipinski definition) is 3. The van der Waals surface area contributed by atoms with Crippen molar-refractivity contribution < 1.29 is 9.84 Å². The molecule has 1 saturated heterocycles. The number of aliphatic hydroxyl groups excluding tert-OH is 1. The van der Waals surface area contributed by atoms with Gasteiger partial charge < -0.3 is 15.2 Å². The van der Waals surface area contributed by atoms with E-state index < -0.39 is 0 Å². The normalized spacial score (nSPS) is 20.2. The minimum absolute atomic E-state index is 0.296. The van der Waals surface area contributed by atoms with Crippen LogP contribution in [0.5, 0.6) is 0 Å². The molecule has 0 aromatic rings. The molecule has 4 heteroatoms. The van der Waals surface area contributed by atoms with Gasteiger partial charge in [-0.3, -0.25) is 5.32 Å². The monoisotopic (exact) mass is 218 g/mol. The second-order valence-corrected chi connectivity index (χ2v) is 4.01. The van der Waals surface area contributed by atoms with Crippen molar-refractivity contribution in [1.82, 2.24) is 10.6 Å². The summed E-state index contributed by atoms with van der Waals surface area (Å²) in [6.45, 7) is 9.49. The third kappa shape index (κ3) is 11.8.